The van der Waals surface area contributed by atoms with Crippen molar-refractivity contribution in [3.05, 3.63) is 64.3 Å². The number of thiol groups is 1. The quantitative estimate of drug-likeness (QED) is 0.390. The maximum atomic E-state index is 8.97. The number of nitrogens with one attached hydrogen (secondary N) is 2. The predicted molar refractivity (Wildman–Crippen MR) is 87.6 cm³/mol. The summed E-state index contributed by atoms with van der Waals surface area (Å²) in [4.78, 5) is 0.759. The molecule has 4 nitrogen and oxygen atoms in total. The number of hydrogen-bond donors (Lipinski definition) is 4. The first-order valence-corrected chi connectivity index (χ1v) is 7.16. The molecule has 1 aromatic heterocycles. The van der Waals surface area contributed by atoms with Crippen molar-refractivity contribution in [1.29, 1.82) is 5.41 Å². The van der Waals surface area contributed by atoms with Crippen molar-refractivity contribution in [2.24, 2.45) is 5.73 Å². The van der Waals surface area contributed by atoms with Gasteiger partial charge in [0.1, 0.15) is 6.04 Å². The average molecular weight is 307 g/mol. The van der Waals surface area contributed by atoms with E-state index in [1.807, 2.05) is 17.5 Å². The lowest BCUT2D eigenvalue weighted by Gasteiger charge is -2.31. The van der Waals surface area contributed by atoms with Gasteiger partial charge < -0.3 is 11.1 Å². The second-order valence-electron chi connectivity index (χ2n) is 4.04. The second kappa shape index (κ2) is 6.78. The number of hydrogen-bond acceptors (Lipinski definition) is 4. The van der Waals surface area contributed by atoms with E-state index in [2.05, 4.69) is 18.1 Å². The van der Waals surface area contributed by atoms with Crippen LogP contribution in [0.25, 0.3) is 0 Å². The van der Waals surface area contributed by atoms with E-state index in [0.29, 0.717) is 11.6 Å². The van der Waals surface area contributed by atoms with Crippen LogP contribution in [0.2, 0.25) is 0 Å². The molecule has 1 unspecified atom stereocenters. The van der Waals surface area contributed by atoms with Gasteiger partial charge in [0.25, 0.3) is 0 Å². The third kappa shape index (κ3) is 3.53. The highest BCUT2D eigenvalue weighted by Gasteiger charge is 2.29. The lowest BCUT2D eigenvalue weighted by atomic mass is 9.98. The van der Waals surface area contributed by atoms with Crippen LogP contribution in [0.15, 0.2) is 47.8 Å². The Morgan fingerprint density at radius 2 is 2.30 bits per heavy atom. The summed E-state index contributed by atoms with van der Waals surface area (Å²) in [5.41, 5.74) is 5.94. The van der Waals surface area contributed by atoms with Crippen molar-refractivity contribution in [2.75, 3.05) is 7.05 Å². The number of nitrogens with zero attached hydrogens (tertiary/aromatic N) is 1. The highest BCUT2D eigenvalue weighted by atomic mass is 32.1. The van der Waals surface area contributed by atoms with Gasteiger partial charge in [0.2, 0.25) is 0 Å². The minimum atomic E-state index is -1.49. The van der Waals surface area contributed by atoms with Crippen molar-refractivity contribution in [3.63, 3.8) is 0 Å². The molecule has 0 amide bonds. The van der Waals surface area contributed by atoms with Crippen LogP contribution in [0.5, 0.6) is 0 Å². The van der Waals surface area contributed by atoms with Crippen LogP contribution in [0, 0.1) is 11.5 Å². The summed E-state index contributed by atoms with van der Waals surface area (Å²) < 4.78 is 18.5. The SMILES string of the molecule is [2H]c1ccccc1C([2H])([C](NC(=N)N)c1cccs1)N(C)S. The minimum Gasteiger partial charge on any atom is -0.370 e. The highest BCUT2D eigenvalue weighted by Crippen LogP contribution is 2.35. The Hall–Kier alpha value is -1.50. The molecule has 20 heavy (non-hydrogen) atoms. The van der Waals surface area contributed by atoms with Crippen molar-refractivity contribution in [1.82, 2.24) is 9.62 Å². The van der Waals surface area contributed by atoms with Crippen LogP contribution < -0.4 is 11.1 Å². The summed E-state index contributed by atoms with van der Waals surface area (Å²) in [7, 11) is 1.64. The van der Waals surface area contributed by atoms with E-state index >= 15 is 0 Å². The van der Waals surface area contributed by atoms with Gasteiger partial charge in [-0.3, -0.25) is 5.41 Å². The molecule has 0 bridgehead atoms. The normalized spacial score (nSPS) is 15.6. The Kier molecular flexibility index (Phi) is 4.16. The zero-order valence-corrected chi connectivity index (χ0v) is 12.6. The van der Waals surface area contributed by atoms with Gasteiger partial charge in [0.15, 0.2) is 5.96 Å². The van der Waals surface area contributed by atoms with Gasteiger partial charge in [0, 0.05) is 4.88 Å². The van der Waals surface area contributed by atoms with Crippen LogP contribution in [0.3, 0.4) is 0 Å². The van der Waals surface area contributed by atoms with E-state index in [0.717, 1.165) is 4.88 Å². The maximum absolute atomic E-state index is 8.97. The highest BCUT2D eigenvalue weighted by molar-refractivity contribution is 7.77. The van der Waals surface area contributed by atoms with Crippen LogP contribution in [-0.4, -0.2) is 17.3 Å². The third-order valence-corrected chi connectivity index (χ3v) is 3.64. The number of likely N-dealkylation sites (N-methyl/N-ethyl adjacent to an activating group) is 1. The first-order chi connectivity index (χ1) is 10.4. The molecule has 0 aliphatic carbocycles. The molecule has 1 atom stereocenters. The number of benzene rings is 1. The molecule has 0 spiro atoms. The van der Waals surface area contributed by atoms with Crippen molar-refractivity contribution < 1.29 is 2.74 Å². The smallest absolute Gasteiger partial charge is 0.186 e. The molecule has 0 saturated heterocycles. The van der Waals surface area contributed by atoms with E-state index in [4.69, 9.17) is 13.9 Å². The summed E-state index contributed by atoms with van der Waals surface area (Å²) in [6, 6.07) is 9.66. The zero-order valence-electron chi connectivity index (χ0n) is 12.9. The molecule has 1 aromatic carbocycles. The molecular weight excluding hydrogens is 288 g/mol. The van der Waals surface area contributed by atoms with Crippen LogP contribution in [0.1, 0.15) is 19.2 Å². The summed E-state index contributed by atoms with van der Waals surface area (Å²) in [5.74, 6) is -0.266. The first-order valence-electron chi connectivity index (χ1n) is 6.88. The molecule has 2 rings (SSSR count). The summed E-state index contributed by atoms with van der Waals surface area (Å²) in [6.07, 6.45) is 0. The Labute approximate surface area is 131 Å². The molecule has 0 fully saturated rings. The van der Waals surface area contributed by atoms with E-state index < -0.39 is 6.02 Å². The maximum Gasteiger partial charge on any atom is 0.186 e. The molecule has 105 valence electrons. The van der Waals surface area contributed by atoms with Gasteiger partial charge in [-0.15, -0.1) is 11.3 Å². The number of thiophene rings is 1. The van der Waals surface area contributed by atoms with Gasteiger partial charge in [-0.25, -0.2) is 4.31 Å². The topological polar surface area (TPSA) is 65.1 Å². The largest absolute Gasteiger partial charge is 0.370 e. The fourth-order valence-corrected chi connectivity index (χ4v) is 2.74. The van der Waals surface area contributed by atoms with Gasteiger partial charge in [0.05, 0.1) is 8.76 Å². The number of nitrogens with two attached hydrogens (primary N) is 1. The van der Waals surface area contributed by atoms with Gasteiger partial charge in [-0.1, -0.05) is 49.2 Å². The van der Waals surface area contributed by atoms with Crippen LogP contribution in [-0.2, 0) is 0 Å². The minimum absolute atomic E-state index is 0.220. The van der Waals surface area contributed by atoms with Gasteiger partial charge >= 0.3 is 0 Å². The summed E-state index contributed by atoms with van der Waals surface area (Å²) in [6.45, 7) is 0. The number of rotatable bonds is 5. The Bertz CT molecular complexity index is 648. The van der Waals surface area contributed by atoms with Gasteiger partial charge in [-0.2, -0.15) is 0 Å². The monoisotopic (exact) mass is 307 g/mol. The fourth-order valence-electron chi connectivity index (χ4n) is 1.80. The third-order valence-electron chi connectivity index (χ3n) is 2.55. The standard InChI is InChI=1S/C14H17N4S2/c1-18(19)13(10-6-3-2-4-7-10)12(17-14(15)16)11-8-5-9-20-11/h2-9,13,19H,1H3,(H4,15,16,17)/i6D,13D. The molecule has 0 aliphatic rings. The summed E-state index contributed by atoms with van der Waals surface area (Å²) in [5, 5.41) is 12.2. The van der Waals surface area contributed by atoms with Crippen molar-refractivity contribution in [3.8, 4) is 0 Å². The van der Waals surface area contributed by atoms with E-state index in [1.54, 1.807) is 31.3 Å². The molecule has 2 aromatic rings. The predicted octanol–water partition coefficient (Wildman–Crippen LogP) is 2.63. The molecule has 1 radical (unpaired) electrons. The lowest BCUT2D eigenvalue weighted by Crippen LogP contribution is -2.40. The molecule has 6 heteroatoms. The molecule has 1 heterocycles. The van der Waals surface area contributed by atoms with Gasteiger partial charge in [-0.05, 0) is 24.1 Å². The van der Waals surface area contributed by atoms with E-state index in [9.17, 15) is 0 Å². The molecular formula is C14H17N4S2. The van der Waals surface area contributed by atoms with Crippen LogP contribution in [0.4, 0.5) is 0 Å². The Balaban J connectivity index is 2.61. The first kappa shape index (κ1) is 12.3. The van der Waals surface area contributed by atoms with Crippen LogP contribution >= 0.6 is 24.2 Å². The second-order valence-corrected chi connectivity index (χ2v) is 5.59. The van der Waals surface area contributed by atoms with E-state index in [1.165, 1.54) is 15.6 Å². The average Bonchev–Trinajstić information content (AvgIpc) is 2.98. The Morgan fingerprint density at radius 3 is 2.85 bits per heavy atom. The van der Waals surface area contributed by atoms with Crippen molar-refractivity contribution >= 4 is 30.1 Å². The molecule has 0 aliphatic heterocycles. The molecule has 0 saturated carbocycles. The van der Waals surface area contributed by atoms with E-state index in [-0.39, 0.29) is 12.0 Å². The lowest BCUT2D eigenvalue weighted by molar-refractivity contribution is 0.433. The zero-order chi connectivity index (χ0) is 16.3. The number of guanidine groups is 1. The summed E-state index contributed by atoms with van der Waals surface area (Å²) >= 11 is 5.75. The van der Waals surface area contributed by atoms with Crippen molar-refractivity contribution in [2.45, 2.75) is 6.02 Å². The fraction of sp³-hybridized carbons (Fsp3) is 0.143. The Morgan fingerprint density at radius 1 is 1.50 bits per heavy atom. The molecule has 4 N–H and O–H groups in total.